The molecule has 7 heteroatoms. The molecule has 24 heavy (non-hydrogen) atoms. The molecule has 0 saturated heterocycles. The molecular formula is C17H16F2N2O3. The SMILES string of the molecule is COc1cc([C@H]2NC(=O)c3ccccc3N2C)ccc1OC(F)F. The zero-order chi connectivity index (χ0) is 17.3. The predicted octanol–water partition coefficient (Wildman–Crippen LogP) is 3.18. The average Bonchev–Trinajstić information content (AvgIpc) is 2.58. The van der Waals surface area contributed by atoms with Gasteiger partial charge in [-0.2, -0.15) is 8.78 Å². The number of rotatable bonds is 4. The summed E-state index contributed by atoms with van der Waals surface area (Å²) in [7, 11) is 3.22. The number of methoxy groups -OCH3 is 1. The van der Waals surface area contributed by atoms with Gasteiger partial charge in [0.05, 0.1) is 18.4 Å². The molecule has 0 aromatic heterocycles. The van der Waals surface area contributed by atoms with Gasteiger partial charge >= 0.3 is 6.61 Å². The van der Waals surface area contributed by atoms with Gasteiger partial charge in [0.15, 0.2) is 11.5 Å². The van der Waals surface area contributed by atoms with Crippen LogP contribution >= 0.6 is 0 Å². The lowest BCUT2D eigenvalue weighted by Crippen LogP contribution is -2.44. The Hall–Kier alpha value is -2.83. The van der Waals surface area contributed by atoms with Crippen LogP contribution in [0.1, 0.15) is 22.1 Å². The minimum atomic E-state index is -2.94. The average molecular weight is 334 g/mol. The molecular weight excluding hydrogens is 318 g/mol. The van der Waals surface area contributed by atoms with Crippen LogP contribution in [-0.4, -0.2) is 26.7 Å². The highest BCUT2D eigenvalue weighted by Gasteiger charge is 2.29. The lowest BCUT2D eigenvalue weighted by molar-refractivity contribution is -0.0512. The first kappa shape index (κ1) is 16.0. The van der Waals surface area contributed by atoms with Crippen LogP contribution in [0.5, 0.6) is 11.5 Å². The van der Waals surface area contributed by atoms with Gasteiger partial charge in [-0.3, -0.25) is 4.79 Å². The van der Waals surface area contributed by atoms with E-state index in [0.29, 0.717) is 11.1 Å². The Morgan fingerprint density at radius 2 is 1.92 bits per heavy atom. The third-order valence-corrected chi connectivity index (χ3v) is 3.90. The van der Waals surface area contributed by atoms with Crippen molar-refractivity contribution in [2.45, 2.75) is 12.8 Å². The zero-order valence-electron chi connectivity index (χ0n) is 13.1. The van der Waals surface area contributed by atoms with E-state index in [9.17, 15) is 13.6 Å². The maximum atomic E-state index is 12.4. The quantitative estimate of drug-likeness (QED) is 0.933. The van der Waals surface area contributed by atoms with E-state index in [2.05, 4.69) is 10.1 Å². The molecule has 1 amide bonds. The second kappa shape index (κ2) is 6.35. The Morgan fingerprint density at radius 3 is 2.62 bits per heavy atom. The Morgan fingerprint density at radius 1 is 1.17 bits per heavy atom. The third-order valence-electron chi connectivity index (χ3n) is 3.90. The number of carbonyl (C=O) groups is 1. The number of ether oxygens (including phenoxy) is 2. The van der Waals surface area contributed by atoms with Gasteiger partial charge in [-0.1, -0.05) is 18.2 Å². The molecule has 5 nitrogen and oxygen atoms in total. The lowest BCUT2D eigenvalue weighted by Gasteiger charge is -2.36. The number of hydrogen-bond donors (Lipinski definition) is 1. The molecule has 2 aromatic rings. The maximum absolute atomic E-state index is 12.4. The second-order valence-electron chi connectivity index (χ2n) is 5.29. The van der Waals surface area contributed by atoms with Gasteiger partial charge in [0.1, 0.15) is 6.17 Å². The molecule has 1 aliphatic rings. The topological polar surface area (TPSA) is 50.8 Å². The highest BCUT2D eigenvalue weighted by molar-refractivity contribution is 6.02. The molecule has 1 aliphatic heterocycles. The summed E-state index contributed by atoms with van der Waals surface area (Å²) in [4.78, 5) is 14.2. The number of halogens is 2. The summed E-state index contributed by atoms with van der Waals surface area (Å²) in [5, 5.41) is 2.89. The summed E-state index contributed by atoms with van der Waals surface area (Å²) in [5.74, 6) is -0.0729. The minimum absolute atomic E-state index is 0.0542. The van der Waals surface area contributed by atoms with Gasteiger partial charge in [0.2, 0.25) is 0 Å². The maximum Gasteiger partial charge on any atom is 0.387 e. The molecule has 0 spiro atoms. The molecule has 0 aliphatic carbocycles. The van der Waals surface area contributed by atoms with Crippen molar-refractivity contribution in [3.05, 3.63) is 53.6 Å². The van der Waals surface area contributed by atoms with E-state index in [0.717, 1.165) is 5.69 Å². The van der Waals surface area contributed by atoms with Crippen LogP contribution in [0, 0.1) is 0 Å². The first-order valence-electron chi connectivity index (χ1n) is 7.26. The Balaban J connectivity index is 1.96. The van der Waals surface area contributed by atoms with Crippen LogP contribution in [0.4, 0.5) is 14.5 Å². The fourth-order valence-corrected chi connectivity index (χ4v) is 2.77. The molecule has 126 valence electrons. The molecule has 0 saturated carbocycles. The standard InChI is InChI=1S/C17H16F2N2O3/c1-21-12-6-4-3-5-11(12)16(22)20-15(21)10-7-8-13(24-17(18)19)14(9-10)23-2/h3-9,15,17H,1-2H3,(H,20,22)/t15-/m0/s1. The monoisotopic (exact) mass is 334 g/mol. The molecule has 0 bridgehead atoms. The number of hydrogen-bond acceptors (Lipinski definition) is 4. The fourth-order valence-electron chi connectivity index (χ4n) is 2.77. The van der Waals surface area contributed by atoms with E-state index in [-0.39, 0.29) is 17.4 Å². The first-order chi connectivity index (χ1) is 11.5. The van der Waals surface area contributed by atoms with Gasteiger partial charge in [0, 0.05) is 7.05 Å². The molecule has 1 N–H and O–H groups in total. The van der Waals surface area contributed by atoms with Crippen LogP contribution in [-0.2, 0) is 0 Å². The number of anilines is 1. The molecule has 0 unspecified atom stereocenters. The van der Waals surface area contributed by atoms with Crippen LogP contribution in [0.2, 0.25) is 0 Å². The van der Waals surface area contributed by atoms with Crippen LogP contribution in [0.3, 0.4) is 0 Å². The van der Waals surface area contributed by atoms with Crippen molar-refractivity contribution in [2.75, 3.05) is 19.1 Å². The van der Waals surface area contributed by atoms with Crippen molar-refractivity contribution in [1.29, 1.82) is 0 Å². The number of fused-ring (bicyclic) bond motifs is 1. The summed E-state index contributed by atoms with van der Waals surface area (Å²) < 4.78 is 34.4. The lowest BCUT2D eigenvalue weighted by atomic mass is 10.0. The molecule has 1 atom stereocenters. The normalized spacial score (nSPS) is 16.6. The van der Waals surface area contributed by atoms with Crippen molar-refractivity contribution < 1.29 is 23.0 Å². The van der Waals surface area contributed by atoms with E-state index in [4.69, 9.17) is 4.74 Å². The largest absolute Gasteiger partial charge is 0.493 e. The van der Waals surface area contributed by atoms with E-state index in [1.54, 1.807) is 24.3 Å². The summed E-state index contributed by atoms with van der Waals surface area (Å²) in [6, 6.07) is 11.9. The van der Waals surface area contributed by atoms with Crippen LogP contribution in [0.15, 0.2) is 42.5 Å². The number of amides is 1. The highest BCUT2D eigenvalue weighted by atomic mass is 19.3. The summed E-state index contributed by atoms with van der Waals surface area (Å²) in [6.07, 6.45) is -0.443. The van der Waals surface area contributed by atoms with E-state index >= 15 is 0 Å². The molecule has 3 rings (SSSR count). The number of nitrogens with one attached hydrogen (secondary N) is 1. The highest BCUT2D eigenvalue weighted by Crippen LogP contribution is 2.36. The number of carbonyl (C=O) groups excluding carboxylic acids is 1. The molecule has 2 aromatic carbocycles. The van der Waals surface area contributed by atoms with Gasteiger partial charge < -0.3 is 19.7 Å². The fraction of sp³-hybridized carbons (Fsp3) is 0.235. The van der Waals surface area contributed by atoms with Gasteiger partial charge in [-0.15, -0.1) is 0 Å². The number of nitrogens with zero attached hydrogens (tertiary/aromatic N) is 1. The first-order valence-corrected chi connectivity index (χ1v) is 7.26. The number of para-hydroxylation sites is 1. The summed E-state index contributed by atoms with van der Waals surface area (Å²) in [6.45, 7) is -2.94. The number of alkyl halides is 2. The van der Waals surface area contributed by atoms with Crippen LogP contribution < -0.4 is 19.7 Å². The predicted molar refractivity (Wildman–Crippen MR) is 84.7 cm³/mol. The van der Waals surface area contributed by atoms with E-state index in [1.165, 1.54) is 13.2 Å². The smallest absolute Gasteiger partial charge is 0.387 e. The van der Waals surface area contributed by atoms with Gasteiger partial charge in [0.25, 0.3) is 5.91 Å². The van der Waals surface area contributed by atoms with Gasteiger partial charge in [-0.05, 0) is 29.8 Å². The Labute approximate surface area is 137 Å². The molecule has 0 radical (unpaired) electrons. The molecule has 0 fully saturated rings. The van der Waals surface area contributed by atoms with Crippen molar-refractivity contribution in [3.63, 3.8) is 0 Å². The summed E-state index contributed by atoms with van der Waals surface area (Å²) >= 11 is 0. The minimum Gasteiger partial charge on any atom is -0.493 e. The van der Waals surface area contributed by atoms with E-state index < -0.39 is 12.8 Å². The Bertz CT molecular complexity index is 767. The third kappa shape index (κ3) is 2.84. The van der Waals surface area contributed by atoms with Crippen molar-refractivity contribution in [3.8, 4) is 11.5 Å². The van der Waals surface area contributed by atoms with Crippen molar-refractivity contribution in [2.24, 2.45) is 0 Å². The summed E-state index contributed by atoms with van der Waals surface area (Å²) in [5.41, 5.74) is 2.07. The Kier molecular flexibility index (Phi) is 4.24. The van der Waals surface area contributed by atoms with Crippen molar-refractivity contribution in [1.82, 2.24) is 5.32 Å². The van der Waals surface area contributed by atoms with Gasteiger partial charge in [-0.25, -0.2) is 0 Å². The number of benzene rings is 2. The molecule has 1 heterocycles. The van der Waals surface area contributed by atoms with Crippen molar-refractivity contribution >= 4 is 11.6 Å². The van der Waals surface area contributed by atoms with E-state index in [1.807, 2.05) is 24.1 Å². The van der Waals surface area contributed by atoms with Crippen LogP contribution in [0.25, 0.3) is 0 Å². The second-order valence-corrected chi connectivity index (χ2v) is 5.29. The zero-order valence-corrected chi connectivity index (χ0v) is 13.1.